The molecule has 3 rings (SSSR count). The summed E-state index contributed by atoms with van der Waals surface area (Å²) >= 11 is 0. The van der Waals surface area contributed by atoms with Gasteiger partial charge in [0.2, 0.25) is 0 Å². The van der Waals surface area contributed by atoms with E-state index in [-0.39, 0.29) is 18.8 Å². The number of hydrogen-bond donors (Lipinski definition) is 0. The van der Waals surface area contributed by atoms with Gasteiger partial charge in [0.1, 0.15) is 17.1 Å². The lowest BCUT2D eigenvalue weighted by Crippen LogP contribution is -2.07. The summed E-state index contributed by atoms with van der Waals surface area (Å²) in [5.74, 6) is -0.00602. The summed E-state index contributed by atoms with van der Waals surface area (Å²) in [7, 11) is 1.61. The highest BCUT2D eigenvalue weighted by molar-refractivity contribution is 5.90. The molecule has 5 nitrogen and oxygen atoms in total. The van der Waals surface area contributed by atoms with Crippen LogP contribution >= 0.6 is 0 Å². The molecule has 2 aromatic carbocycles. The molecule has 0 atom stereocenters. The molecule has 0 aliphatic heterocycles. The molecule has 0 unspecified atom stereocenters. The first kappa shape index (κ1) is 18.6. The van der Waals surface area contributed by atoms with Crippen molar-refractivity contribution in [2.45, 2.75) is 19.9 Å². The Kier molecular flexibility index (Phi) is 5.86. The number of benzene rings is 2. The molecular formula is C21H21FN2O3. The van der Waals surface area contributed by atoms with Crippen LogP contribution in [0.1, 0.15) is 34.1 Å². The van der Waals surface area contributed by atoms with Crippen LogP contribution in [0.4, 0.5) is 4.39 Å². The van der Waals surface area contributed by atoms with Crippen LogP contribution in [0.5, 0.6) is 5.75 Å². The smallest absolute Gasteiger partial charge is 0.341 e. The van der Waals surface area contributed by atoms with Crippen LogP contribution < -0.4 is 4.74 Å². The molecule has 0 N–H and O–H groups in total. The maximum Gasteiger partial charge on any atom is 0.341 e. The Morgan fingerprint density at radius 1 is 1.15 bits per heavy atom. The number of rotatable bonds is 7. The summed E-state index contributed by atoms with van der Waals surface area (Å²) in [5.41, 5.74) is 2.34. The van der Waals surface area contributed by atoms with E-state index in [4.69, 9.17) is 9.47 Å². The van der Waals surface area contributed by atoms with Gasteiger partial charge in [-0.05, 0) is 36.2 Å². The molecule has 1 heterocycles. The van der Waals surface area contributed by atoms with Gasteiger partial charge in [-0.15, -0.1) is 0 Å². The predicted molar refractivity (Wildman–Crippen MR) is 99.5 cm³/mol. The highest BCUT2D eigenvalue weighted by atomic mass is 19.1. The Balaban J connectivity index is 1.88. The summed E-state index contributed by atoms with van der Waals surface area (Å²) in [6.07, 6.45) is 1.87. The van der Waals surface area contributed by atoms with E-state index < -0.39 is 5.97 Å². The topological polar surface area (TPSA) is 53.4 Å². The molecule has 0 aliphatic carbocycles. The predicted octanol–water partition coefficient (Wildman–Crippen LogP) is 3.85. The molecule has 0 aliphatic rings. The van der Waals surface area contributed by atoms with Crippen LogP contribution in [0.15, 0.2) is 54.7 Å². The number of nitrogens with zero attached hydrogens (tertiary/aromatic N) is 2. The van der Waals surface area contributed by atoms with Crippen molar-refractivity contribution >= 4 is 5.97 Å². The first-order valence-corrected chi connectivity index (χ1v) is 8.70. The lowest BCUT2D eigenvalue weighted by molar-refractivity contribution is 0.0525. The maximum absolute atomic E-state index is 14.0. The zero-order valence-electron chi connectivity index (χ0n) is 15.3. The van der Waals surface area contributed by atoms with Crippen LogP contribution in [0.2, 0.25) is 0 Å². The number of halogens is 1. The highest BCUT2D eigenvalue weighted by Crippen LogP contribution is 2.18. The van der Waals surface area contributed by atoms with Gasteiger partial charge in [0, 0.05) is 12.6 Å². The number of methoxy groups -OCH3 is 1. The average molecular weight is 368 g/mol. The zero-order valence-corrected chi connectivity index (χ0v) is 15.3. The van der Waals surface area contributed by atoms with E-state index in [0.29, 0.717) is 23.4 Å². The molecule has 1 aromatic heterocycles. The lowest BCUT2D eigenvalue weighted by atomic mass is 10.1. The minimum absolute atomic E-state index is 0.219. The van der Waals surface area contributed by atoms with Crippen molar-refractivity contribution in [3.05, 3.63) is 82.9 Å². The lowest BCUT2D eigenvalue weighted by Gasteiger charge is -2.04. The maximum atomic E-state index is 14.0. The molecule has 3 aromatic rings. The van der Waals surface area contributed by atoms with Gasteiger partial charge in [0.05, 0.1) is 26.0 Å². The fourth-order valence-corrected chi connectivity index (χ4v) is 2.79. The average Bonchev–Trinajstić information content (AvgIpc) is 3.07. The van der Waals surface area contributed by atoms with E-state index in [1.54, 1.807) is 43.1 Å². The third-order valence-corrected chi connectivity index (χ3v) is 4.15. The van der Waals surface area contributed by atoms with Crippen LogP contribution in [0.3, 0.4) is 0 Å². The minimum Gasteiger partial charge on any atom is -0.497 e. The Morgan fingerprint density at radius 2 is 1.89 bits per heavy atom. The van der Waals surface area contributed by atoms with Crippen molar-refractivity contribution in [1.29, 1.82) is 0 Å². The first-order chi connectivity index (χ1) is 13.1. The summed E-state index contributed by atoms with van der Waals surface area (Å²) in [6, 6.07) is 14.1. The van der Waals surface area contributed by atoms with Crippen LogP contribution in [-0.2, 0) is 17.7 Å². The normalized spacial score (nSPS) is 10.6. The van der Waals surface area contributed by atoms with Gasteiger partial charge < -0.3 is 9.47 Å². The molecule has 27 heavy (non-hydrogen) atoms. The third kappa shape index (κ3) is 4.53. The van der Waals surface area contributed by atoms with Crippen molar-refractivity contribution in [3.8, 4) is 5.75 Å². The summed E-state index contributed by atoms with van der Waals surface area (Å²) in [5, 5.41) is 4.51. The van der Waals surface area contributed by atoms with E-state index >= 15 is 0 Å². The fraction of sp³-hybridized carbons (Fsp3) is 0.238. The fourth-order valence-electron chi connectivity index (χ4n) is 2.79. The second-order valence-electron chi connectivity index (χ2n) is 6.02. The second-order valence-corrected chi connectivity index (χ2v) is 6.02. The summed E-state index contributed by atoms with van der Waals surface area (Å²) < 4.78 is 26.0. The molecule has 0 saturated heterocycles. The van der Waals surface area contributed by atoms with E-state index in [0.717, 1.165) is 11.3 Å². The Hall–Kier alpha value is -3.15. The Labute approximate surface area is 157 Å². The second kappa shape index (κ2) is 8.49. The summed E-state index contributed by atoms with van der Waals surface area (Å²) in [4.78, 5) is 12.3. The van der Waals surface area contributed by atoms with Gasteiger partial charge in [0.25, 0.3) is 0 Å². The standard InChI is InChI=1S/C21H21FN2O3/c1-3-27-21(25)18-14-24(13-15-8-10-17(26-2)11-9-15)23-20(18)12-16-6-4-5-7-19(16)22/h4-11,14H,3,12-13H2,1-2H3. The van der Waals surface area contributed by atoms with Crippen LogP contribution in [-0.4, -0.2) is 29.5 Å². The van der Waals surface area contributed by atoms with Gasteiger partial charge >= 0.3 is 5.97 Å². The van der Waals surface area contributed by atoms with Crippen molar-refractivity contribution in [2.75, 3.05) is 13.7 Å². The molecule has 140 valence electrons. The Morgan fingerprint density at radius 3 is 2.56 bits per heavy atom. The molecule has 0 saturated carbocycles. The number of carbonyl (C=O) groups is 1. The number of hydrogen-bond acceptors (Lipinski definition) is 4. The van der Waals surface area contributed by atoms with Gasteiger partial charge in [0.15, 0.2) is 0 Å². The van der Waals surface area contributed by atoms with Crippen molar-refractivity contribution in [2.24, 2.45) is 0 Å². The molecule has 0 radical (unpaired) electrons. The summed E-state index contributed by atoms with van der Waals surface area (Å²) in [6.45, 7) is 2.49. The van der Waals surface area contributed by atoms with E-state index in [1.165, 1.54) is 6.07 Å². The third-order valence-electron chi connectivity index (χ3n) is 4.15. The van der Waals surface area contributed by atoms with Crippen LogP contribution in [0.25, 0.3) is 0 Å². The van der Waals surface area contributed by atoms with Gasteiger partial charge in [-0.25, -0.2) is 9.18 Å². The number of carbonyl (C=O) groups excluding carboxylic acids is 1. The van der Waals surface area contributed by atoms with Gasteiger partial charge in [-0.3, -0.25) is 4.68 Å². The zero-order chi connectivity index (χ0) is 19.2. The van der Waals surface area contributed by atoms with E-state index in [9.17, 15) is 9.18 Å². The largest absolute Gasteiger partial charge is 0.497 e. The molecular weight excluding hydrogens is 347 g/mol. The number of esters is 1. The monoisotopic (exact) mass is 368 g/mol. The molecule has 0 spiro atoms. The number of ether oxygens (including phenoxy) is 2. The van der Waals surface area contributed by atoms with Crippen molar-refractivity contribution in [3.63, 3.8) is 0 Å². The molecule has 0 fully saturated rings. The number of aromatic nitrogens is 2. The quantitative estimate of drug-likeness (QED) is 0.595. The van der Waals surface area contributed by atoms with Gasteiger partial charge in [-0.2, -0.15) is 5.10 Å². The van der Waals surface area contributed by atoms with E-state index in [2.05, 4.69) is 5.10 Å². The molecule has 0 bridgehead atoms. The SMILES string of the molecule is CCOC(=O)c1cn(Cc2ccc(OC)cc2)nc1Cc1ccccc1F. The Bertz CT molecular complexity index is 919. The highest BCUT2D eigenvalue weighted by Gasteiger charge is 2.19. The minimum atomic E-state index is -0.454. The van der Waals surface area contributed by atoms with Crippen molar-refractivity contribution in [1.82, 2.24) is 9.78 Å². The first-order valence-electron chi connectivity index (χ1n) is 8.70. The molecule has 6 heteroatoms. The van der Waals surface area contributed by atoms with Crippen molar-refractivity contribution < 1.29 is 18.7 Å². The van der Waals surface area contributed by atoms with Gasteiger partial charge in [-0.1, -0.05) is 30.3 Å². The van der Waals surface area contributed by atoms with E-state index in [1.807, 2.05) is 24.3 Å². The van der Waals surface area contributed by atoms with Crippen LogP contribution in [0, 0.1) is 5.82 Å². The molecule has 0 amide bonds.